The maximum Gasteiger partial charge on any atom is 0.227 e. The highest BCUT2D eigenvalue weighted by Gasteiger charge is 2.35. The number of amides is 1. The summed E-state index contributed by atoms with van der Waals surface area (Å²) in [5.41, 5.74) is 2.29. The number of anilines is 2. The predicted octanol–water partition coefficient (Wildman–Crippen LogP) is 5.19. The lowest BCUT2D eigenvalue weighted by molar-refractivity contribution is -0.133. The van der Waals surface area contributed by atoms with Crippen molar-refractivity contribution in [2.24, 2.45) is 5.92 Å². The van der Waals surface area contributed by atoms with Crippen LogP contribution in [0.1, 0.15) is 42.9 Å². The Morgan fingerprint density at radius 2 is 1.83 bits per heavy atom. The summed E-state index contributed by atoms with van der Waals surface area (Å²) in [5, 5.41) is 8.64. The van der Waals surface area contributed by atoms with Gasteiger partial charge in [0.25, 0.3) is 0 Å². The molecule has 3 aromatic rings. The topological polar surface area (TPSA) is 94.4 Å². The van der Waals surface area contributed by atoms with Gasteiger partial charge in [-0.3, -0.25) is 9.48 Å². The highest BCUT2D eigenvalue weighted by Crippen LogP contribution is 2.37. The van der Waals surface area contributed by atoms with Gasteiger partial charge in [0.2, 0.25) is 11.9 Å². The number of nitrogens with one attached hydrogen (secondary N) is 1. The Morgan fingerprint density at radius 3 is 2.50 bits per heavy atom. The van der Waals surface area contributed by atoms with Crippen molar-refractivity contribution in [1.29, 1.82) is 0 Å². The van der Waals surface area contributed by atoms with E-state index in [-0.39, 0.29) is 18.6 Å². The fourth-order valence-corrected chi connectivity index (χ4v) is 4.90. The first-order valence-electron chi connectivity index (χ1n) is 12.0. The molecule has 2 fully saturated rings. The third-order valence-corrected chi connectivity index (χ3v) is 7.55. The Kier molecular flexibility index (Phi) is 7.20. The first-order chi connectivity index (χ1) is 17.4. The fraction of sp³-hybridized carbons (Fsp3) is 0.440. The van der Waals surface area contributed by atoms with Gasteiger partial charge in [-0.1, -0.05) is 23.2 Å². The molecule has 0 radical (unpaired) electrons. The van der Waals surface area contributed by atoms with E-state index in [2.05, 4.69) is 20.4 Å². The second-order valence-electron chi connectivity index (χ2n) is 9.20. The predicted molar refractivity (Wildman–Crippen MR) is 137 cm³/mol. The molecule has 0 unspecified atom stereocenters. The van der Waals surface area contributed by atoms with Gasteiger partial charge in [-0.2, -0.15) is 5.10 Å². The zero-order valence-corrected chi connectivity index (χ0v) is 21.7. The molecular formula is C25H28Cl2N6O3. The Balaban J connectivity index is 1.15. The number of aryl methyl sites for hydroxylation is 1. The molecule has 2 aliphatic rings. The summed E-state index contributed by atoms with van der Waals surface area (Å²) in [4.78, 5) is 23.0. The second-order valence-corrected chi connectivity index (χ2v) is 9.95. The number of hydrogen-bond acceptors (Lipinski definition) is 7. The first-order valence-corrected chi connectivity index (χ1v) is 12.7. The van der Waals surface area contributed by atoms with Gasteiger partial charge in [-0.05, 0) is 44.2 Å². The number of methoxy groups -OCH3 is 1. The van der Waals surface area contributed by atoms with Crippen molar-refractivity contribution in [3.05, 3.63) is 52.0 Å². The Bertz CT molecular complexity index is 1240. The number of aromatic nitrogens is 4. The molecule has 190 valence electrons. The number of halogens is 2. The van der Waals surface area contributed by atoms with Crippen molar-refractivity contribution >= 4 is 40.7 Å². The van der Waals surface area contributed by atoms with E-state index >= 15 is 0 Å². The van der Waals surface area contributed by atoms with Gasteiger partial charge >= 0.3 is 0 Å². The van der Waals surface area contributed by atoms with Gasteiger partial charge in [0.15, 0.2) is 5.75 Å². The lowest BCUT2D eigenvalue weighted by atomic mass is 10.0. The molecule has 0 bridgehead atoms. The quantitative estimate of drug-likeness (QED) is 0.427. The van der Waals surface area contributed by atoms with Gasteiger partial charge in [0, 0.05) is 30.8 Å². The number of hydrogen-bond donors (Lipinski definition) is 1. The van der Waals surface area contributed by atoms with Gasteiger partial charge < -0.3 is 19.7 Å². The maximum atomic E-state index is 12.3. The zero-order chi connectivity index (χ0) is 25.2. The largest absolute Gasteiger partial charge is 0.495 e. The van der Waals surface area contributed by atoms with Crippen LogP contribution >= 0.6 is 23.2 Å². The molecule has 1 saturated carbocycles. The molecule has 1 aromatic carbocycles. The maximum absolute atomic E-state index is 12.3. The highest BCUT2D eigenvalue weighted by atomic mass is 35.5. The third kappa shape index (κ3) is 5.37. The summed E-state index contributed by atoms with van der Waals surface area (Å²) in [5.74, 6) is 2.06. The van der Waals surface area contributed by atoms with E-state index in [1.54, 1.807) is 31.8 Å². The van der Waals surface area contributed by atoms with Gasteiger partial charge in [0.05, 0.1) is 47.5 Å². The highest BCUT2D eigenvalue weighted by molar-refractivity contribution is 6.37. The number of benzene rings is 1. The molecule has 3 heterocycles. The molecule has 1 aliphatic carbocycles. The lowest BCUT2D eigenvalue weighted by Gasteiger charge is -2.32. The molecule has 9 nitrogen and oxygen atoms in total. The number of ether oxygens (including phenoxy) is 2. The van der Waals surface area contributed by atoms with Crippen molar-refractivity contribution in [2.75, 3.05) is 25.5 Å². The number of rotatable bonds is 8. The molecule has 1 amide bonds. The van der Waals surface area contributed by atoms with Crippen LogP contribution in [0.25, 0.3) is 0 Å². The van der Waals surface area contributed by atoms with E-state index in [1.807, 2.05) is 22.7 Å². The zero-order valence-electron chi connectivity index (χ0n) is 20.2. The van der Waals surface area contributed by atoms with E-state index in [1.165, 1.54) is 0 Å². The van der Waals surface area contributed by atoms with Gasteiger partial charge in [-0.15, -0.1) is 0 Å². The summed E-state index contributed by atoms with van der Waals surface area (Å²) in [6.45, 7) is 3.62. The van der Waals surface area contributed by atoms with E-state index < -0.39 is 0 Å². The van der Waals surface area contributed by atoms with Crippen molar-refractivity contribution in [3.8, 4) is 11.5 Å². The number of piperidine rings is 1. The molecule has 0 spiro atoms. The molecule has 1 saturated heterocycles. The lowest BCUT2D eigenvalue weighted by Crippen LogP contribution is -2.39. The average Bonchev–Trinajstić information content (AvgIpc) is 3.65. The van der Waals surface area contributed by atoms with Crippen LogP contribution in [0.4, 0.5) is 11.6 Å². The third-order valence-electron chi connectivity index (χ3n) is 6.61. The van der Waals surface area contributed by atoms with Crippen LogP contribution in [0, 0.1) is 12.8 Å². The van der Waals surface area contributed by atoms with Crippen LogP contribution in [0.5, 0.6) is 11.5 Å². The minimum absolute atomic E-state index is 0.156. The Morgan fingerprint density at radius 1 is 1.11 bits per heavy atom. The Hall–Kier alpha value is -3.04. The smallest absolute Gasteiger partial charge is 0.227 e. The summed E-state index contributed by atoms with van der Waals surface area (Å²) in [6.07, 6.45) is 10.8. The van der Waals surface area contributed by atoms with Crippen LogP contribution in [0.2, 0.25) is 10.0 Å². The van der Waals surface area contributed by atoms with Crippen molar-refractivity contribution in [3.63, 3.8) is 0 Å². The van der Waals surface area contributed by atoms with E-state index in [0.29, 0.717) is 39.0 Å². The molecule has 1 aliphatic heterocycles. The SMILES string of the molecule is COc1cc(C)c(Cl)c(COc2cnc(Nc3cnn(C4CCN(C(=O)C5CC5)CC4)c3)nc2)c1Cl. The monoisotopic (exact) mass is 530 g/mol. The van der Waals surface area contributed by atoms with E-state index in [4.69, 9.17) is 32.7 Å². The van der Waals surface area contributed by atoms with Gasteiger partial charge in [-0.25, -0.2) is 9.97 Å². The molecular weight excluding hydrogens is 503 g/mol. The summed E-state index contributed by atoms with van der Waals surface area (Å²) in [6, 6.07) is 2.07. The van der Waals surface area contributed by atoms with Crippen LogP contribution in [-0.2, 0) is 11.4 Å². The first kappa shape index (κ1) is 24.6. The van der Waals surface area contributed by atoms with Crippen LogP contribution in [0.3, 0.4) is 0 Å². The second kappa shape index (κ2) is 10.5. The molecule has 2 aromatic heterocycles. The van der Waals surface area contributed by atoms with Crippen molar-refractivity contribution < 1.29 is 14.3 Å². The minimum Gasteiger partial charge on any atom is -0.495 e. The molecule has 11 heteroatoms. The number of nitrogens with zero attached hydrogens (tertiary/aromatic N) is 5. The molecule has 5 rings (SSSR count). The number of likely N-dealkylation sites (tertiary alicyclic amines) is 1. The van der Waals surface area contributed by atoms with Crippen molar-refractivity contribution in [1.82, 2.24) is 24.6 Å². The summed E-state index contributed by atoms with van der Waals surface area (Å²) in [7, 11) is 1.56. The molecule has 1 N–H and O–H groups in total. The Labute approximate surface area is 219 Å². The van der Waals surface area contributed by atoms with Crippen LogP contribution in [-0.4, -0.2) is 50.8 Å². The number of carbonyl (C=O) groups is 1. The van der Waals surface area contributed by atoms with Crippen LogP contribution < -0.4 is 14.8 Å². The molecule has 0 atom stereocenters. The van der Waals surface area contributed by atoms with E-state index in [9.17, 15) is 4.79 Å². The van der Waals surface area contributed by atoms with Crippen LogP contribution in [0.15, 0.2) is 30.9 Å². The average molecular weight is 531 g/mol. The molecule has 36 heavy (non-hydrogen) atoms. The summed E-state index contributed by atoms with van der Waals surface area (Å²) >= 11 is 12.8. The minimum atomic E-state index is 0.156. The standard InChI is InChI=1S/C25H28Cl2N6O3/c1-15-9-21(35-2)23(27)20(22(15)26)14-36-19-11-28-25(29-12-19)31-17-10-30-33(13-17)18-5-7-32(8-6-18)24(34)16-3-4-16/h9-13,16,18H,3-8,14H2,1-2H3,(H,28,29,31). The summed E-state index contributed by atoms with van der Waals surface area (Å²) < 4.78 is 13.1. The van der Waals surface area contributed by atoms with Gasteiger partial charge in [0.1, 0.15) is 12.4 Å². The normalized spacial score (nSPS) is 16.2. The van der Waals surface area contributed by atoms with Crippen molar-refractivity contribution in [2.45, 2.75) is 45.3 Å². The van der Waals surface area contributed by atoms with E-state index in [0.717, 1.165) is 50.0 Å². The number of carbonyl (C=O) groups excluding carboxylic acids is 1. The fourth-order valence-electron chi connectivity index (χ4n) is 4.36.